The summed E-state index contributed by atoms with van der Waals surface area (Å²) in [6, 6.07) is 8.63. The largest absolute Gasteiger partial charge is 1.00 e. The van der Waals surface area contributed by atoms with Gasteiger partial charge in [0.05, 0.1) is 30.4 Å². The molecule has 2 aliphatic rings. The molecule has 2 aliphatic heterocycles. The first-order valence-electron chi connectivity index (χ1n) is 10.0. The predicted molar refractivity (Wildman–Crippen MR) is 111 cm³/mol. The van der Waals surface area contributed by atoms with Gasteiger partial charge in [0.2, 0.25) is 12.3 Å². The summed E-state index contributed by atoms with van der Waals surface area (Å²) >= 11 is 0. The van der Waals surface area contributed by atoms with Crippen molar-refractivity contribution in [3.05, 3.63) is 41.6 Å². The van der Waals surface area contributed by atoms with E-state index in [0.717, 1.165) is 47.8 Å². The summed E-state index contributed by atoms with van der Waals surface area (Å²) < 4.78 is 25.3. The summed E-state index contributed by atoms with van der Waals surface area (Å²) in [5, 5.41) is 6.00. The van der Waals surface area contributed by atoms with Gasteiger partial charge < -0.3 is 31.4 Å². The van der Waals surface area contributed by atoms with Crippen LogP contribution in [0.15, 0.2) is 30.5 Å². The summed E-state index contributed by atoms with van der Waals surface area (Å²) in [5.74, 6) is 3.30. The molecule has 0 aliphatic carbocycles. The van der Waals surface area contributed by atoms with Crippen LogP contribution in [0.3, 0.4) is 0 Å². The van der Waals surface area contributed by atoms with E-state index < -0.39 is 0 Å². The summed E-state index contributed by atoms with van der Waals surface area (Å²) in [6.45, 7) is 3.41. The van der Waals surface area contributed by atoms with Crippen molar-refractivity contribution in [2.45, 2.75) is 26.3 Å². The number of hydrogen-bond acceptors (Lipinski definition) is 4. The topological polar surface area (TPSA) is 40.8 Å². The van der Waals surface area contributed by atoms with Gasteiger partial charge in [0.25, 0.3) is 0 Å². The summed E-state index contributed by atoms with van der Waals surface area (Å²) in [6.07, 6.45) is 4.10. The Balaban J connectivity index is 0.00000193. The average Bonchev–Trinajstić information content (AvgIpc) is 3.23. The molecular formula is C24H22ClNO4. The second kappa shape index (κ2) is 6.81. The van der Waals surface area contributed by atoms with Gasteiger partial charge in [-0.25, -0.2) is 0 Å². The molecule has 0 fully saturated rings. The van der Waals surface area contributed by atoms with Crippen molar-refractivity contribution in [3.63, 3.8) is 0 Å². The molecular weight excluding hydrogens is 402 g/mol. The highest BCUT2D eigenvalue weighted by Crippen LogP contribution is 2.47. The molecule has 6 rings (SSSR count). The molecule has 5 nitrogen and oxygen atoms in total. The van der Waals surface area contributed by atoms with E-state index in [-0.39, 0.29) is 12.4 Å². The summed E-state index contributed by atoms with van der Waals surface area (Å²) in [4.78, 5) is 0. The number of aryl methyl sites for hydroxylation is 3. The number of rotatable bonds is 3. The molecule has 3 aromatic carbocycles. The van der Waals surface area contributed by atoms with Crippen molar-refractivity contribution in [3.8, 4) is 23.0 Å². The van der Waals surface area contributed by atoms with Crippen molar-refractivity contribution in [2.24, 2.45) is 0 Å². The van der Waals surface area contributed by atoms with Gasteiger partial charge in [-0.05, 0) is 41.8 Å². The highest BCUT2D eigenvalue weighted by Gasteiger charge is 2.31. The van der Waals surface area contributed by atoms with Crippen LogP contribution in [-0.2, 0) is 19.4 Å². The fraction of sp³-hybridized carbons (Fsp3) is 0.292. The highest BCUT2D eigenvalue weighted by atomic mass is 35.5. The Hall–Kier alpha value is -2.92. The van der Waals surface area contributed by atoms with Crippen molar-refractivity contribution in [1.29, 1.82) is 0 Å². The van der Waals surface area contributed by atoms with E-state index in [1.54, 1.807) is 14.2 Å². The number of halogens is 1. The van der Waals surface area contributed by atoms with Crippen LogP contribution in [0.2, 0.25) is 0 Å². The number of ether oxygens (including phenoxy) is 4. The molecule has 0 N–H and O–H groups in total. The lowest BCUT2D eigenvalue weighted by Gasteiger charge is -2.19. The number of methoxy groups -OCH3 is 2. The smallest absolute Gasteiger partial charge is 0.231 e. The third-order valence-corrected chi connectivity index (χ3v) is 6.33. The second-order valence-corrected chi connectivity index (χ2v) is 7.64. The first-order valence-corrected chi connectivity index (χ1v) is 10.0. The van der Waals surface area contributed by atoms with Crippen LogP contribution < -0.4 is 35.9 Å². The van der Waals surface area contributed by atoms with E-state index in [1.807, 2.05) is 6.07 Å². The van der Waals surface area contributed by atoms with Crippen LogP contribution in [0.25, 0.3) is 32.4 Å². The summed E-state index contributed by atoms with van der Waals surface area (Å²) in [7, 11) is 3.38. The van der Waals surface area contributed by atoms with Crippen molar-refractivity contribution >= 4 is 32.4 Å². The summed E-state index contributed by atoms with van der Waals surface area (Å²) in [5.41, 5.74) is 3.88. The van der Waals surface area contributed by atoms with Crippen molar-refractivity contribution in [1.82, 2.24) is 0 Å². The molecule has 1 aromatic heterocycles. The Morgan fingerprint density at radius 1 is 1.00 bits per heavy atom. The molecule has 0 saturated heterocycles. The third kappa shape index (κ3) is 2.33. The number of pyridine rings is 1. The average molecular weight is 424 g/mol. The number of hydrogen-bond donors (Lipinski definition) is 0. The maximum absolute atomic E-state index is 5.91. The molecule has 0 radical (unpaired) electrons. The Morgan fingerprint density at radius 3 is 2.63 bits per heavy atom. The lowest BCUT2D eigenvalue weighted by atomic mass is 9.89. The molecule has 0 bridgehead atoms. The third-order valence-electron chi connectivity index (χ3n) is 6.33. The van der Waals surface area contributed by atoms with E-state index in [9.17, 15) is 0 Å². The SMILES string of the molecule is CCc1cc2c3ccc(OC)c(OC)c3c[n+]3c2c2c(cc4c(c12)OCO4)CC3.[Cl-]. The molecule has 4 aromatic rings. The first kappa shape index (κ1) is 19.1. The molecule has 30 heavy (non-hydrogen) atoms. The normalized spacial score (nSPS) is 13.8. The van der Waals surface area contributed by atoms with Crippen LogP contribution in [0, 0.1) is 0 Å². The molecule has 3 heterocycles. The van der Waals surface area contributed by atoms with Crippen LogP contribution in [0.1, 0.15) is 18.1 Å². The Bertz CT molecular complexity index is 1350. The van der Waals surface area contributed by atoms with Crippen LogP contribution >= 0.6 is 0 Å². The fourth-order valence-corrected chi connectivity index (χ4v) is 5.05. The van der Waals surface area contributed by atoms with E-state index >= 15 is 0 Å². The van der Waals surface area contributed by atoms with Gasteiger partial charge in [-0.15, -0.1) is 0 Å². The van der Waals surface area contributed by atoms with Crippen LogP contribution in [0.4, 0.5) is 0 Å². The maximum Gasteiger partial charge on any atom is 0.231 e. The minimum absolute atomic E-state index is 0. The predicted octanol–water partition coefficient (Wildman–Crippen LogP) is 1.30. The van der Waals surface area contributed by atoms with Gasteiger partial charge in [0.1, 0.15) is 0 Å². The lowest BCUT2D eigenvalue weighted by molar-refractivity contribution is -0.670. The zero-order valence-electron chi connectivity index (χ0n) is 17.2. The van der Waals surface area contributed by atoms with Crippen molar-refractivity contribution < 1.29 is 35.9 Å². The number of benzene rings is 3. The van der Waals surface area contributed by atoms with Gasteiger partial charge in [-0.1, -0.05) is 6.92 Å². The molecule has 0 saturated carbocycles. The Morgan fingerprint density at radius 2 is 1.87 bits per heavy atom. The molecule has 0 unspecified atom stereocenters. The van der Waals surface area contributed by atoms with Crippen LogP contribution in [-0.4, -0.2) is 21.0 Å². The Labute approximate surface area is 180 Å². The van der Waals surface area contributed by atoms with Gasteiger partial charge in [-0.3, -0.25) is 0 Å². The number of aromatic nitrogens is 1. The molecule has 6 heteroatoms. The minimum Gasteiger partial charge on any atom is -1.00 e. The molecule has 0 amide bonds. The standard InChI is InChI=1S/C24H22NO4.ClH/c1-4-13-9-16-15-5-6-18(26-2)23(27-3)17(15)11-25-8-7-14-10-19-24(29-12-28-19)21(13)20(14)22(16)25;/h5-6,9-11H,4,7-8,12H2,1-3H3;1H/q+1;/p-1. The highest BCUT2D eigenvalue weighted by molar-refractivity contribution is 6.18. The van der Waals surface area contributed by atoms with Gasteiger partial charge in [0.15, 0.2) is 35.7 Å². The van der Waals surface area contributed by atoms with E-state index in [4.69, 9.17) is 18.9 Å². The zero-order valence-corrected chi connectivity index (χ0v) is 17.9. The molecule has 154 valence electrons. The molecule has 0 spiro atoms. The van der Waals surface area contributed by atoms with Crippen molar-refractivity contribution in [2.75, 3.05) is 21.0 Å². The maximum atomic E-state index is 5.91. The van der Waals surface area contributed by atoms with E-state index in [2.05, 4.69) is 35.9 Å². The lowest BCUT2D eigenvalue weighted by Crippen LogP contribution is -3.00. The van der Waals surface area contributed by atoms with Gasteiger partial charge in [0, 0.05) is 17.2 Å². The fourth-order valence-electron chi connectivity index (χ4n) is 5.05. The van der Waals surface area contributed by atoms with Gasteiger partial charge in [-0.2, -0.15) is 4.57 Å². The van der Waals surface area contributed by atoms with E-state index in [0.29, 0.717) is 6.79 Å². The van der Waals surface area contributed by atoms with Gasteiger partial charge >= 0.3 is 0 Å². The first-order chi connectivity index (χ1) is 14.2. The quantitative estimate of drug-likeness (QED) is 0.368. The van der Waals surface area contributed by atoms with E-state index in [1.165, 1.54) is 38.2 Å². The second-order valence-electron chi connectivity index (χ2n) is 7.64. The Kier molecular flexibility index (Phi) is 4.33. The number of nitrogens with zero attached hydrogens (tertiary/aromatic N) is 1. The number of fused-ring (bicyclic) bond motifs is 4. The van der Waals surface area contributed by atoms with Crippen LogP contribution in [0.5, 0.6) is 23.0 Å². The monoisotopic (exact) mass is 423 g/mol. The minimum atomic E-state index is 0. The molecule has 0 atom stereocenters. The zero-order chi connectivity index (χ0) is 19.7.